The van der Waals surface area contributed by atoms with Crippen LogP contribution in [-0.4, -0.2) is 58.9 Å². The zero-order valence-electron chi connectivity index (χ0n) is 21.9. The second-order valence-corrected chi connectivity index (χ2v) is 9.87. The predicted octanol–water partition coefficient (Wildman–Crippen LogP) is 5.95. The Labute approximate surface area is 224 Å². The van der Waals surface area contributed by atoms with E-state index in [1.54, 1.807) is 0 Å². The van der Waals surface area contributed by atoms with Crippen LogP contribution in [0.15, 0.2) is 85.1 Å². The third kappa shape index (κ3) is 5.75. The molecule has 0 bridgehead atoms. The van der Waals surface area contributed by atoms with E-state index in [0.717, 1.165) is 35.7 Å². The third-order valence-electron chi connectivity index (χ3n) is 7.36. The van der Waals surface area contributed by atoms with Crippen molar-refractivity contribution in [3.63, 3.8) is 0 Å². The first-order chi connectivity index (χ1) is 18.6. The van der Waals surface area contributed by atoms with Gasteiger partial charge in [0.1, 0.15) is 12.4 Å². The molecule has 6 heteroatoms. The van der Waals surface area contributed by atoms with Crippen molar-refractivity contribution in [3.8, 4) is 5.75 Å². The van der Waals surface area contributed by atoms with Crippen LogP contribution >= 0.6 is 0 Å². The molecule has 1 N–H and O–H groups in total. The van der Waals surface area contributed by atoms with Gasteiger partial charge in [0.2, 0.25) is 0 Å². The first-order valence-corrected chi connectivity index (χ1v) is 13.6. The standard InChI is InChI=1S/C32H35N3O3/c1-2-34-19-9-4-10-20-35(31(36)26-15-16-29-25(22-26)17-18-33-29)27(21-24-11-5-3-6-12-24)23-38-30-14-8-7-13-28(30)32(34)37/h3,5-8,11-18,22,27,33H,2,4,9-10,19-21,23H2,1H3/t27-/m0/s1. The predicted molar refractivity (Wildman–Crippen MR) is 151 cm³/mol. The van der Waals surface area contributed by atoms with Crippen LogP contribution in [-0.2, 0) is 6.42 Å². The van der Waals surface area contributed by atoms with E-state index in [0.29, 0.717) is 49.5 Å². The smallest absolute Gasteiger partial charge is 0.257 e. The molecule has 5 rings (SSSR count). The number of benzene rings is 3. The first-order valence-electron chi connectivity index (χ1n) is 13.6. The summed E-state index contributed by atoms with van der Waals surface area (Å²) in [6.07, 6.45) is 5.25. The number of hydrogen-bond donors (Lipinski definition) is 1. The van der Waals surface area contributed by atoms with Crippen molar-refractivity contribution in [2.24, 2.45) is 0 Å². The molecule has 0 unspecified atom stereocenters. The Morgan fingerprint density at radius 2 is 1.74 bits per heavy atom. The molecule has 0 fully saturated rings. The number of hydrogen-bond acceptors (Lipinski definition) is 3. The second kappa shape index (κ2) is 12.0. The minimum Gasteiger partial charge on any atom is -0.491 e. The van der Waals surface area contributed by atoms with E-state index < -0.39 is 0 Å². The molecule has 1 aliphatic rings. The maximum absolute atomic E-state index is 14.0. The number of carbonyl (C=O) groups excluding carboxylic acids is 2. The number of nitrogens with one attached hydrogen (secondary N) is 1. The number of carbonyl (C=O) groups is 2. The van der Waals surface area contributed by atoms with Crippen LogP contribution < -0.4 is 4.74 Å². The van der Waals surface area contributed by atoms with Gasteiger partial charge in [-0.2, -0.15) is 0 Å². The van der Waals surface area contributed by atoms with Crippen molar-refractivity contribution in [2.45, 2.75) is 38.6 Å². The Bertz CT molecular complexity index is 1380. The highest BCUT2D eigenvalue weighted by Crippen LogP contribution is 2.24. The van der Waals surface area contributed by atoms with Crippen molar-refractivity contribution < 1.29 is 14.3 Å². The average Bonchev–Trinajstić information content (AvgIpc) is 3.43. The van der Waals surface area contributed by atoms with E-state index in [1.165, 1.54) is 0 Å². The maximum atomic E-state index is 14.0. The zero-order chi connectivity index (χ0) is 26.3. The summed E-state index contributed by atoms with van der Waals surface area (Å²) in [7, 11) is 0. The van der Waals surface area contributed by atoms with Crippen LogP contribution in [0.3, 0.4) is 0 Å². The largest absolute Gasteiger partial charge is 0.491 e. The molecule has 0 saturated heterocycles. The van der Waals surface area contributed by atoms with Gasteiger partial charge in [0, 0.05) is 42.3 Å². The van der Waals surface area contributed by atoms with Crippen molar-refractivity contribution in [2.75, 3.05) is 26.2 Å². The van der Waals surface area contributed by atoms with Crippen LogP contribution in [0.1, 0.15) is 52.5 Å². The Kier molecular flexibility index (Phi) is 8.07. The van der Waals surface area contributed by atoms with Gasteiger partial charge in [-0.3, -0.25) is 9.59 Å². The number of nitrogens with zero attached hydrogens (tertiary/aromatic N) is 2. The lowest BCUT2D eigenvalue weighted by atomic mass is 10.0. The summed E-state index contributed by atoms with van der Waals surface area (Å²) in [5.74, 6) is 0.566. The molecule has 1 atom stereocenters. The Balaban J connectivity index is 1.50. The average molecular weight is 510 g/mol. The van der Waals surface area contributed by atoms with E-state index in [-0.39, 0.29) is 17.9 Å². The summed E-state index contributed by atoms with van der Waals surface area (Å²) >= 11 is 0. The molecule has 3 aromatic carbocycles. The topological polar surface area (TPSA) is 65.6 Å². The number of ether oxygens (including phenoxy) is 1. The zero-order valence-corrected chi connectivity index (χ0v) is 21.9. The van der Waals surface area contributed by atoms with E-state index in [4.69, 9.17) is 4.74 Å². The Morgan fingerprint density at radius 1 is 0.947 bits per heavy atom. The lowest BCUT2D eigenvalue weighted by Gasteiger charge is -2.32. The number of amides is 2. The van der Waals surface area contributed by atoms with Gasteiger partial charge in [-0.15, -0.1) is 0 Å². The van der Waals surface area contributed by atoms with E-state index >= 15 is 0 Å². The Morgan fingerprint density at radius 3 is 2.58 bits per heavy atom. The fourth-order valence-corrected chi connectivity index (χ4v) is 5.24. The van der Waals surface area contributed by atoms with Gasteiger partial charge in [0.15, 0.2) is 0 Å². The van der Waals surface area contributed by atoms with Gasteiger partial charge >= 0.3 is 0 Å². The number of fused-ring (bicyclic) bond motifs is 2. The number of aromatic amines is 1. The maximum Gasteiger partial charge on any atom is 0.257 e. The van der Waals surface area contributed by atoms with Gasteiger partial charge in [-0.05, 0) is 74.6 Å². The monoisotopic (exact) mass is 509 g/mol. The molecule has 2 heterocycles. The summed E-state index contributed by atoms with van der Waals surface area (Å²) in [6.45, 7) is 4.28. The second-order valence-electron chi connectivity index (χ2n) is 9.87. The fourth-order valence-electron chi connectivity index (χ4n) is 5.24. The van der Waals surface area contributed by atoms with Crippen molar-refractivity contribution >= 4 is 22.7 Å². The van der Waals surface area contributed by atoms with E-state index in [2.05, 4.69) is 17.1 Å². The Hall–Kier alpha value is -4.06. The number of H-pyrrole nitrogens is 1. The minimum atomic E-state index is -0.196. The fraction of sp³-hybridized carbons (Fsp3) is 0.312. The van der Waals surface area contributed by atoms with Gasteiger partial charge < -0.3 is 19.5 Å². The lowest BCUT2D eigenvalue weighted by Crippen LogP contribution is -2.45. The number of para-hydroxylation sites is 1. The normalized spacial score (nSPS) is 17.2. The van der Waals surface area contributed by atoms with Gasteiger partial charge in [0.05, 0.1) is 11.6 Å². The van der Waals surface area contributed by atoms with Crippen LogP contribution in [0, 0.1) is 0 Å². The van der Waals surface area contributed by atoms with Gasteiger partial charge in [-0.25, -0.2) is 0 Å². The third-order valence-corrected chi connectivity index (χ3v) is 7.36. The molecule has 6 nitrogen and oxygen atoms in total. The SMILES string of the molecule is CCN1CCCCCN(C(=O)c2ccc3[nH]ccc3c2)[C@@H](Cc2ccccc2)COc2ccccc2C1=O. The first kappa shape index (κ1) is 25.6. The van der Waals surface area contributed by atoms with Crippen LogP contribution in [0.25, 0.3) is 10.9 Å². The quantitative estimate of drug-likeness (QED) is 0.370. The lowest BCUT2D eigenvalue weighted by molar-refractivity contribution is 0.0605. The highest BCUT2D eigenvalue weighted by Gasteiger charge is 2.27. The summed E-state index contributed by atoms with van der Waals surface area (Å²) in [4.78, 5) is 34.5. The summed E-state index contributed by atoms with van der Waals surface area (Å²) < 4.78 is 6.38. The molecule has 4 aromatic rings. The van der Waals surface area contributed by atoms with Gasteiger partial charge in [-0.1, -0.05) is 42.5 Å². The molecule has 38 heavy (non-hydrogen) atoms. The highest BCUT2D eigenvalue weighted by atomic mass is 16.5. The molecule has 0 spiro atoms. The number of rotatable bonds is 4. The molecular weight excluding hydrogens is 474 g/mol. The minimum absolute atomic E-state index is 0.00491. The molecule has 1 aromatic heterocycles. The van der Waals surface area contributed by atoms with E-state index in [9.17, 15) is 9.59 Å². The molecular formula is C32H35N3O3. The number of aromatic nitrogens is 1. The summed E-state index contributed by atoms with van der Waals surface area (Å²) in [5.41, 5.74) is 3.40. The van der Waals surface area contributed by atoms with E-state index in [1.807, 2.05) is 89.7 Å². The summed E-state index contributed by atoms with van der Waals surface area (Å²) in [6, 6.07) is 25.3. The van der Waals surface area contributed by atoms with Crippen molar-refractivity contribution in [3.05, 3.63) is 102 Å². The van der Waals surface area contributed by atoms with Gasteiger partial charge in [0.25, 0.3) is 11.8 Å². The molecule has 2 amide bonds. The van der Waals surface area contributed by atoms with Crippen LogP contribution in [0.4, 0.5) is 0 Å². The van der Waals surface area contributed by atoms with Crippen LogP contribution in [0.5, 0.6) is 5.75 Å². The van der Waals surface area contributed by atoms with Crippen molar-refractivity contribution in [1.29, 1.82) is 0 Å². The molecule has 0 radical (unpaired) electrons. The molecule has 0 aliphatic carbocycles. The molecule has 0 saturated carbocycles. The molecule has 1 aliphatic heterocycles. The van der Waals surface area contributed by atoms with Crippen molar-refractivity contribution in [1.82, 2.24) is 14.8 Å². The summed E-state index contributed by atoms with van der Waals surface area (Å²) in [5, 5.41) is 1.02. The van der Waals surface area contributed by atoms with Crippen LogP contribution in [0.2, 0.25) is 0 Å². The highest BCUT2D eigenvalue weighted by molar-refractivity contribution is 5.98. The molecule has 196 valence electrons.